The molecule has 5 heteroatoms. The van der Waals surface area contributed by atoms with E-state index in [-0.39, 0.29) is 0 Å². The molecule has 3 N–H and O–H groups in total. The van der Waals surface area contributed by atoms with Gasteiger partial charge in [0.05, 0.1) is 0 Å². The zero-order valence-corrected chi connectivity index (χ0v) is 9.63. The van der Waals surface area contributed by atoms with Crippen molar-refractivity contribution in [1.29, 1.82) is 0 Å². The fourth-order valence-corrected chi connectivity index (χ4v) is 2.74. The first-order valence-corrected chi connectivity index (χ1v) is 6.44. The summed E-state index contributed by atoms with van der Waals surface area (Å²) in [4.78, 5) is 8.20. The van der Waals surface area contributed by atoms with E-state index in [9.17, 15) is 0 Å². The molecule has 1 aromatic heterocycles. The normalized spacial score (nSPS) is 25.4. The van der Waals surface area contributed by atoms with E-state index in [4.69, 9.17) is 5.73 Å². The van der Waals surface area contributed by atoms with Crippen LogP contribution in [0.2, 0.25) is 0 Å². The standard InChI is InChI=1S/C10H16N4S/c1-15-8-3-2-7(6-8)14-10-9(11)12-4-5-13-10/h4-5,7-8H,2-3,6H2,1H3,(H2,11,12)(H,13,14). The van der Waals surface area contributed by atoms with Gasteiger partial charge in [0.15, 0.2) is 11.6 Å². The van der Waals surface area contributed by atoms with Gasteiger partial charge in [0.1, 0.15) is 0 Å². The van der Waals surface area contributed by atoms with Crippen LogP contribution in [0.5, 0.6) is 0 Å². The number of hydrogen-bond acceptors (Lipinski definition) is 5. The van der Waals surface area contributed by atoms with E-state index in [1.807, 2.05) is 11.8 Å². The summed E-state index contributed by atoms with van der Waals surface area (Å²) in [6.45, 7) is 0. The number of rotatable bonds is 3. The molecule has 15 heavy (non-hydrogen) atoms. The van der Waals surface area contributed by atoms with Crippen molar-refractivity contribution in [2.75, 3.05) is 17.3 Å². The van der Waals surface area contributed by atoms with Gasteiger partial charge in [0, 0.05) is 23.7 Å². The third kappa shape index (κ3) is 2.53. The van der Waals surface area contributed by atoms with E-state index < -0.39 is 0 Å². The summed E-state index contributed by atoms with van der Waals surface area (Å²) < 4.78 is 0. The summed E-state index contributed by atoms with van der Waals surface area (Å²) in [5, 5.41) is 4.14. The molecule has 0 saturated heterocycles. The molecule has 0 spiro atoms. The van der Waals surface area contributed by atoms with Crippen LogP contribution in [0.3, 0.4) is 0 Å². The SMILES string of the molecule is CSC1CCC(Nc2nccnc2N)C1. The predicted molar refractivity (Wildman–Crippen MR) is 65.0 cm³/mol. The van der Waals surface area contributed by atoms with Crippen LogP contribution in [0.15, 0.2) is 12.4 Å². The summed E-state index contributed by atoms with van der Waals surface area (Å²) in [6.07, 6.45) is 9.11. The lowest BCUT2D eigenvalue weighted by molar-refractivity contribution is 0.751. The molecule has 1 heterocycles. The summed E-state index contributed by atoms with van der Waals surface area (Å²) in [5.74, 6) is 1.22. The monoisotopic (exact) mass is 224 g/mol. The van der Waals surface area contributed by atoms with Gasteiger partial charge in [-0.1, -0.05) is 0 Å². The summed E-state index contributed by atoms with van der Waals surface area (Å²) in [7, 11) is 0. The fraction of sp³-hybridized carbons (Fsp3) is 0.600. The molecule has 1 aliphatic rings. The lowest BCUT2D eigenvalue weighted by atomic mass is 10.2. The van der Waals surface area contributed by atoms with Crippen molar-refractivity contribution < 1.29 is 0 Å². The van der Waals surface area contributed by atoms with E-state index in [1.54, 1.807) is 12.4 Å². The molecule has 1 fully saturated rings. The zero-order chi connectivity index (χ0) is 10.7. The second-order valence-corrected chi connectivity index (χ2v) is 4.94. The van der Waals surface area contributed by atoms with Crippen molar-refractivity contribution >= 4 is 23.4 Å². The second-order valence-electron chi connectivity index (χ2n) is 3.80. The Labute approximate surface area is 94.1 Å². The van der Waals surface area contributed by atoms with Crippen molar-refractivity contribution in [3.8, 4) is 0 Å². The number of nitrogen functional groups attached to an aromatic ring is 1. The van der Waals surface area contributed by atoms with Crippen LogP contribution in [0.4, 0.5) is 11.6 Å². The van der Waals surface area contributed by atoms with E-state index >= 15 is 0 Å². The Morgan fingerprint density at radius 1 is 1.40 bits per heavy atom. The first-order chi connectivity index (χ1) is 7.29. The van der Waals surface area contributed by atoms with Crippen molar-refractivity contribution in [3.63, 3.8) is 0 Å². The van der Waals surface area contributed by atoms with Gasteiger partial charge in [0.2, 0.25) is 0 Å². The minimum absolute atomic E-state index is 0.491. The molecule has 1 saturated carbocycles. The number of nitrogens with two attached hydrogens (primary N) is 1. The third-order valence-electron chi connectivity index (χ3n) is 2.79. The van der Waals surface area contributed by atoms with Crippen molar-refractivity contribution in [1.82, 2.24) is 9.97 Å². The Morgan fingerprint density at radius 2 is 2.20 bits per heavy atom. The quantitative estimate of drug-likeness (QED) is 0.819. The molecule has 2 atom stereocenters. The van der Waals surface area contributed by atoms with E-state index in [2.05, 4.69) is 21.5 Å². The fourth-order valence-electron chi connectivity index (χ4n) is 1.94. The Bertz CT molecular complexity index is 331. The maximum absolute atomic E-state index is 5.72. The van der Waals surface area contributed by atoms with Crippen LogP contribution in [-0.2, 0) is 0 Å². The molecular formula is C10H16N4S. The van der Waals surface area contributed by atoms with Gasteiger partial charge in [-0.2, -0.15) is 11.8 Å². The Kier molecular flexibility index (Phi) is 3.30. The van der Waals surface area contributed by atoms with Crippen molar-refractivity contribution in [3.05, 3.63) is 12.4 Å². The van der Waals surface area contributed by atoms with Gasteiger partial charge in [-0.15, -0.1) is 0 Å². The third-order valence-corrected chi connectivity index (χ3v) is 3.88. The molecule has 82 valence electrons. The molecule has 1 aromatic rings. The number of hydrogen-bond donors (Lipinski definition) is 2. The van der Waals surface area contributed by atoms with Gasteiger partial charge in [-0.05, 0) is 25.5 Å². The van der Waals surface area contributed by atoms with Gasteiger partial charge >= 0.3 is 0 Å². The molecule has 4 nitrogen and oxygen atoms in total. The average Bonchev–Trinajstić information content (AvgIpc) is 2.69. The van der Waals surface area contributed by atoms with Gasteiger partial charge in [-0.3, -0.25) is 0 Å². The molecule has 0 aromatic carbocycles. The topological polar surface area (TPSA) is 63.8 Å². The van der Waals surface area contributed by atoms with Crippen LogP contribution in [0, 0.1) is 0 Å². The number of nitrogens with one attached hydrogen (secondary N) is 1. The Balaban J connectivity index is 1.96. The van der Waals surface area contributed by atoms with Crippen molar-refractivity contribution in [2.45, 2.75) is 30.6 Å². The highest BCUT2D eigenvalue weighted by Crippen LogP contribution is 2.30. The van der Waals surface area contributed by atoms with Crippen molar-refractivity contribution in [2.24, 2.45) is 0 Å². The maximum Gasteiger partial charge on any atom is 0.169 e. The van der Waals surface area contributed by atoms with Gasteiger partial charge in [0.25, 0.3) is 0 Å². The van der Waals surface area contributed by atoms with Crippen LogP contribution in [-0.4, -0.2) is 27.5 Å². The molecular weight excluding hydrogens is 208 g/mol. The molecule has 1 aliphatic carbocycles. The minimum Gasteiger partial charge on any atom is -0.381 e. The molecule has 2 rings (SSSR count). The number of aromatic nitrogens is 2. The predicted octanol–water partition coefficient (Wildman–Crippen LogP) is 1.75. The maximum atomic E-state index is 5.72. The molecule has 0 aliphatic heterocycles. The van der Waals surface area contributed by atoms with Crippen LogP contribution >= 0.6 is 11.8 Å². The first-order valence-electron chi connectivity index (χ1n) is 5.15. The highest BCUT2D eigenvalue weighted by atomic mass is 32.2. The van der Waals surface area contributed by atoms with Crippen LogP contribution in [0.1, 0.15) is 19.3 Å². The van der Waals surface area contributed by atoms with Crippen LogP contribution < -0.4 is 11.1 Å². The van der Waals surface area contributed by atoms with Gasteiger partial charge < -0.3 is 11.1 Å². The van der Waals surface area contributed by atoms with Crippen LogP contribution in [0.25, 0.3) is 0 Å². The average molecular weight is 224 g/mol. The van der Waals surface area contributed by atoms with Gasteiger partial charge in [-0.25, -0.2) is 9.97 Å². The minimum atomic E-state index is 0.491. The summed E-state index contributed by atoms with van der Waals surface area (Å²) in [5.41, 5.74) is 5.72. The lowest BCUT2D eigenvalue weighted by Crippen LogP contribution is -2.18. The van der Waals surface area contributed by atoms with E-state index in [0.29, 0.717) is 11.9 Å². The highest BCUT2D eigenvalue weighted by Gasteiger charge is 2.24. The number of thioether (sulfide) groups is 1. The zero-order valence-electron chi connectivity index (χ0n) is 8.81. The largest absolute Gasteiger partial charge is 0.381 e. The Hall–Kier alpha value is -0.970. The lowest BCUT2D eigenvalue weighted by Gasteiger charge is -2.13. The van der Waals surface area contributed by atoms with E-state index in [0.717, 1.165) is 11.1 Å². The number of nitrogens with zero attached hydrogens (tertiary/aromatic N) is 2. The molecule has 0 radical (unpaired) electrons. The molecule has 2 unspecified atom stereocenters. The second kappa shape index (κ2) is 4.70. The summed E-state index contributed by atoms with van der Waals surface area (Å²) >= 11 is 1.94. The van der Waals surface area contributed by atoms with E-state index in [1.165, 1.54) is 19.3 Å². The molecule has 0 bridgehead atoms. The smallest absolute Gasteiger partial charge is 0.169 e. The number of anilines is 2. The first kappa shape index (κ1) is 10.5. The Morgan fingerprint density at radius 3 is 2.87 bits per heavy atom. The molecule has 0 amide bonds. The highest BCUT2D eigenvalue weighted by molar-refractivity contribution is 7.99. The summed E-state index contributed by atoms with van der Waals surface area (Å²) in [6, 6.07) is 0.501.